The summed E-state index contributed by atoms with van der Waals surface area (Å²) in [6, 6.07) is 8.04. The van der Waals surface area contributed by atoms with Crippen molar-refractivity contribution in [2.45, 2.75) is 24.6 Å². The molecular formula is C20H20O9. The van der Waals surface area contributed by atoms with Gasteiger partial charge in [-0.05, 0) is 23.8 Å². The second-order valence-corrected chi connectivity index (χ2v) is 6.50. The zero-order chi connectivity index (χ0) is 21.1. The summed E-state index contributed by atoms with van der Waals surface area (Å²) in [6.07, 6.45) is -3.31. The highest BCUT2D eigenvalue weighted by Crippen LogP contribution is 2.35. The van der Waals surface area contributed by atoms with Crippen LogP contribution in [0.5, 0.6) is 23.0 Å². The standard InChI is InChI=1S/C20H20O9/c21-11-4-1-10(2-5-11)3-6-13(23)17-14(24)7-12(22)8-16(17)29-20-19(27)18(26)15(25)9-28-20/h1-8,15,18-22,24-27H,9H2/t15-,18+,19+,20-/m1/s1. The quantitative estimate of drug-likeness (QED) is 0.309. The summed E-state index contributed by atoms with van der Waals surface area (Å²) in [5, 5.41) is 58.4. The van der Waals surface area contributed by atoms with E-state index in [0.717, 1.165) is 18.2 Å². The van der Waals surface area contributed by atoms with Crippen LogP contribution < -0.4 is 4.74 Å². The molecule has 9 heteroatoms. The molecule has 3 rings (SSSR count). The molecule has 2 aromatic carbocycles. The zero-order valence-corrected chi connectivity index (χ0v) is 15.0. The van der Waals surface area contributed by atoms with Crippen LogP contribution in [-0.2, 0) is 4.74 Å². The first-order valence-corrected chi connectivity index (χ1v) is 8.66. The lowest BCUT2D eigenvalue weighted by Gasteiger charge is -2.35. The summed E-state index contributed by atoms with van der Waals surface area (Å²) >= 11 is 0. The number of ether oxygens (including phenoxy) is 2. The molecule has 0 radical (unpaired) electrons. The smallest absolute Gasteiger partial charge is 0.228 e. The van der Waals surface area contributed by atoms with E-state index in [-0.39, 0.29) is 23.7 Å². The monoisotopic (exact) mass is 404 g/mol. The van der Waals surface area contributed by atoms with Crippen molar-refractivity contribution in [3.05, 3.63) is 53.6 Å². The van der Waals surface area contributed by atoms with Gasteiger partial charge in [-0.2, -0.15) is 0 Å². The van der Waals surface area contributed by atoms with Gasteiger partial charge in [0.25, 0.3) is 0 Å². The van der Waals surface area contributed by atoms with Gasteiger partial charge in [0, 0.05) is 12.1 Å². The summed E-state index contributed by atoms with van der Waals surface area (Å²) in [6.45, 7) is -0.322. The SMILES string of the molecule is O=C(C=Cc1ccc(O)cc1)c1c(O)cc(O)cc1O[C@H]1OC[C@@H](O)[C@H](O)[C@@H]1O. The first-order valence-electron chi connectivity index (χ1n) is 8.66. The summed E-state index contributed by atoms with van der Waals surface area (Å²) < 4.78 is 10.6. The summed E-state index contributed by atoms with van der Waals surface area (Å²) in [4.78, 5) is 12.6. The Morgan fingerprint density at radius 2 is 1.69 bits per heavy atom. The Morgan fingerprint density at radius 3 is 2.38 bits per heavy atom. The summed E-state index contributed by atoms with van der Waals surface area (Å²) in [5.74, 6) is -1.85. The van der Waals surface area contributed by atoms with Crippen molar-refractivity contribution in [2.24, 2.45) is 0 Å². The van der Waals surface area contributed by atoms with E-state index in [0.29, 0.717) is 5.56 Å². The fourth-order valence-corrected chi connectivity index (χ4v) is 2.78. The molecule has 1 fully saturated rings. The lowest BCUT2D eigenvalue weighted by molar-refractivity contribution is -0.242. The summed E-state index contributed by atoms with van der Waals surface area (Å²) in [5.41, 5.74) is 0.314. The molecule has 1 aliphatic rings. The minimum Gasteiger partial charge on any atom is -0.508 e. The predicted octanol–water partition coefficient (Wildman–Crippen LogP) is 0.517. The number of phenols is 3. The van der Waals surface area contributed by atoms with Crippen LogP contribution >= 0.6 is 0 Å². The van der Waals surface area contributed by atoms with Crippen LogP contribution in [0, 0.1) is 0 Å². The fourth-order valence-electron chi connectivity index (χ4n) is 2.78. The van der Waals surface area contributed by atoms with E-state index in [2.05, 4.69) is 0 Å². The number of aromatic hydroxyl groups is 3. The van der Waals surface area contributed by atoms with Crippen LogP contribution in [0.25, 0.3) is 6.08 Å². The number of aliphatic hydroxyl groups is 3. The van der Waals surface area contributed by atoms with Gasteiger partial charge in [0.1, 0.15) is 46.9 Å². The van der Waals surface area contributed by atoms with E-state index in [9.17, 15) is 35.4 Å². The molecule has 0 amide bonds. The number of carbonyl (C=O) groups excluding carboxylic acids is 1. The number of aliphatic hydroxyl groups excluding tert-OH is 3. The second-order valence-electron chi connectivity index (χ2n) is 6.50. The van der Waals surface area contributed by atoms with Gasteiger partial charge >= 0.3 is 0 Å². The van der Waals surface area contributed by atoms with Crippen LogP contribution in [-0.4, -0.2) is 67.6 Å². The van der Waals surface area contributed by atoms with Crippen molar-refractivity contribution < 1.29 is 44.9 Å². The van der Waals surface area contributed by atoms with Gasteiger partial charge in [-0.25, -0.2) is 0 Å². The molecule has 4 atom stereocenters. The number of rotatable bonds is 5. The average molecular weight is 404 g/mol. The molecule has 1 saturated heterocycles. The van der Waals surface area contributed by atoms with Crippen molar-refractivity contribution in [3.8, 4) is 23.0 Å². The number of benzene rings is 2. The van der Waals surface area contributed by atoms with Crippen molar-refractivity contribution in [2.75, 3.05) is 6.61 Å². The number of hydrogen-bond donors (Lipinski definition) is 6. The average Bonchev–Trinajstić information content (AvgIpc) is 2.67. The Kier molecular flexibility index (Phi) is 6.04. The molecule has 0 bridgehead atoms. The van der Waals surface area contributed by atoms with Gasteiger partial charge in [-0.15, -0.1) is 0 Å². The molecule has 0 unspecified atom stereocenters. The molecule has 154 valence electrons. The van der Waals surface area contributed by atoms with Crippen molar-refractivity contribution in [3.63, 3.8) is 0 Å². The largest absolute Gasteiger partial charge is 0.508 e. The number of phenolic OH excluding ortho intramolecular Hbond substituents is 3. The van der Waals surface area contributed by atoms with Crippen LogP contribution in [0.1, 0.15) is 15.9 Å². The third kappa shape index (κ3) is 4.66. The highest BCUT2D eigenvalue weighted by Gasteiger charge is 2.39. The van der Waals surface area contributed by atoms with Gasteiger partial charge in [0.15, 0.2) is 5.78 Å². The summed E-state index contributed by atoms with van der Waals surface area (Å²) in [7, 11) is 0. The van der Waals surface area contributed by atoms with E-state index in [4.69, 9.17) is 9.47 Å². The molecule has 1 aliphatic heterocycles. The van der Waals surface area contributed by atoms with Crippen molar-refractivity contribution >= 4 is 11.9 Å². The highest BCUT2D eigenvalue weighted by molar-refractivity contribution is 6.10. The third-order valence-electron chi connectivity index (χ3n) is 4.33. The molecular weight excluding hydrogens is 384 g/mol. The maximum atomic E-state index is 12.6. The van der Waals surface area contributed by atoms with E-state index in [1.807, 2.05) is 0 Å². The Balaban J connectivity index is 1.87. The fraction of sp³-hybridized carbons (Fsp3) is 0.250. The van der Waals surface area contributed by atoms with E-state index in [1.54, 1.807) is 12.1 Å². The maximum absolute atomic E-state index is 12.6. The molecule has 29 heavy (non-hydrogen) atoms. The topological polar surface area (TPSA) is 157 Å². The molecule has 9 nitrogen and oxygen atoms in total. The minimum atomic E-state index is -1.63. The molecule has 0 aromatic heterocycles. The number of ketones is 1. The zero-order valence-electron chi connectivity index (χ0n) is 15.0. The number of carbonyl (C=O) groups is 1. The maximum Gasteiger partial charge on any atom is 0.228 e. The van der Waals surface area contributed by atoms with E-state index in [1.165, 1.54) is 18.2 Å². The van der Waals surface area contributed by atoms with Gasteiger partial charge in [-0.3, -0.25) is 4.79 Å². The van der Waals surface area contributed by atoms with Crippen LogP contribution in [0.4, 0.5) is 0 Å². The first-order chi connectivity index (χ1) is 13.8. The van der Waals surface area contributed by atoms with Gasteiger partial charge < -0.3 is 40.1 Å². The highest BCUT2D eigenvalue weighted by atomic mass is 16.7. The van der Waals surface area contributed by atoms with Crippen LogP contribution in [0.15, 0.2) is 42.5 Å². The third-order valence-corrected chi connectivity index (χ3v) is 4.33. The molecule has 2 aromatic rings. The number of hydrogen-bond acceptors (Lipinski definition) is 9. The predicted molar refractivity (Wildman–Crippen MR) is 99.6 cm³/mol. The van der Waals surface area contributed by atoms with Gasteiger partial charge in [0.2, 0.25) is 6.29 Å². The normalized spacial score (nSPS) is 24.5. The Labute approximate surface area is 165 Å². The van der Waals surface area contributed by atoms with Crippen molar-refractivity contribution in [1.29, 1.82) is 0 Å². The lowest BCUT2D eigenvalue weighted by Crippen LogP contribution is -2.54. The van der Waals surface area contributed by atoms with Crippen LogP contribution in [0.3, 0.4) is 0 Å². The Morgan fingerprint density at radius 1 is 1.00 bits per heavy atom. The van der Waals surface area contributed by atoms with Crippen LogP contribution in [0.2, 0.25) is 0 Å². The van der Waals surface area contributed by atoms with Gasteiger partial charge in [-0.1, -0.05) is 18.2 Å². The van der Waals surface area contributed by atoms with E-state index >= 15 is 0 Å². The van der Waals surface area contributed by atoms with E-state index < -0.39 is 41.9 Å². The molecule has 0 aliphatic carbocycles. The molecule has 1 heterocycles. The second kappa shape index (κ2) is 8.50. The number of allylic oxidation sites excluding steroid dienone is 1. The first kappa shape index (κ1) is 20.6. The van der Waals surface area contributed by atoms with Gasteiger partial charge in [0.05, 0.1) is 6.61 Å². The molecule has 0 saturated carbocycles. The lowest BCUT2D eigenvalue weighted by atomic mass is 10.0. The Bertz CT molecular complexity index is 907. The Hall–Kier alpha value is -3.11. The molecule has 0 spiro atoms. The minimum absolute atomic E-state index is 0.0682. The molecule has 6 N–H and O–H groups in total. The van der Waals surface area contributed by atoms with Crippen molar-refractivity contribution in [1.82, 2.24) is 0 Å².